The van der Waals surface area contributed by atoms with E-state index in [4.69, 9.17) is 16.3 Å². The number of carbonyl (C=O) groups excluding carboxylic acids is 1. The molecule has 0 aromatic heterocycles. The number of benzene rings is 1. The van der Waals surface area contributed by atoms with Gasteiger partial charge in [-0.25, -0.2) is 12.8 Å². The summed E-state index contributed by atoms with van der Waals surface area (Å²) in [6.45, 7) is 5.95. The average Bonchev–Trinajstić information content (AvgIpc) is 3.30. The number of hydrogen-bond acceptors (Lipinski definition) is 6. The van der Waals surface area contributed by atoms with Crippen molar-refractivity contribution in [1.82, 2.24) is 19.8 Å². The maximum absolute atomic E-state index is 14.3. The molecule has 218 valence electrons. The third-order valence-corrected chi connectivity index (χ3v) is 11.5. The Kier molecular flexibility index (Phi) is 9.51. The molecule has 1 aromatic rings. The molecular formula is C28H42ClFN4O4S. The van der Waals surface area contributed by atoms with E-state index in [0.29, 0.717) is 51.7 Å². The number of sulfonamides is 1. The van der Waals surface area contributed by atoms with Gasteiger partial charge in [0.1, 0.15) is 5.82 Å². The van der Waals surface area contributed by atoms with Gasteiger partial charge in [0.2, 0.25) is 15.9 Å². The molecule has 5 rings (SSSR count). The molecule has 8 nitrogen and oxygen atoms in total. The van der Waals surface area contributed by atoms with Gasteiger partial charge < -0.3 is 15.4 Å². The van der Waals surface area contributed by atoms with Gasteiger partial charge in [0, 0.05) is 56.8 Å². The Morgan fingerprint density at radius 1 is 1.23 bits per heavy atom. The van der Waals surface area contributed by atoms with E-state index in [1.54, 1.807) is 16.4 Å². The molecule has 3 saturated heterocycles. The van der Waals surface area contributed by atoms with Gasteiger partial charge in [0.05, 0.1) is 24.0 Å². The van der Waals surface area contributed by atoms with Crippen molar-refractivity contribution in [2.24, 2.45) is 11.8 Å². The van der Waals surface area contributed by atoms with Gasteiger partial charge in [-0.05, 0) is 61.6 Å². The number of ether oxygens (including phenoxy) is 1. The molecule has 1 saturated carbocycles. The van der Waals surface area contributed by atoms with E-state index < -0.39 is 15.8 Å². The fourth-order valence-corrected chi connectivity index (χ4v) is 9.07. The second-order valence-electron chi connectivity index (χ2n) is 11.8. The molecule has 2 bridgehead atoms. The van der Waals surface area contributed by atoms with Crippen LogP contribution in [0.3, 0.4) is 0 Å². The maximum Gasteiger partial charge on any atom is 0.222 e. The highest BCUT2D eigenvalue weighted by atomic mass is 35.5. The SMILES string of the molecule is C[C@@H](C[C@H]1CCC[C@@H]1NC(=O)C[C@@H](c1ccc(Cl)c(F)c1)N1CCOCC1)[C@H]1CN[C@@H]2CCCS(=O)(=O)N1C2. The van der Waals surface area contributed by atoms with Crippen molar-refractivity contribution in [2.75, 3.05) is 45.1 Å². The molecular weight excluding hydrogens is 543 g/mol. The predicted molar refractivity (Wildman–Crippen MR) is 150 cm³/mol. The van der Waals surface area contributed by atoms with Crippen LogP contribution in [0.15, 0.2) is 18.2 Å². The highest BCUT2D eigenvalue weighted by Gasteiger charge is 2.42. The Bertz CT molecular complexity index is 1120. The van der Waals surface area contributed by atoms with Crippen molar-refractivity contribution in [3.63, 3.8) is 0 Å². The molecule has 0 radical (unpaired) electrons. The van der Waals surface area contributed by atoms with Crippen LogP contribution in [0, 0.1) is 17.7 Å². The van der Waals surface area contributed by atoms with Crippen LogP contribution in [0.1, 0.15) is 63.5 Å². The Morgan fingerprint density at radius 3 is 2.79 bits per heavy atom. The smallest absolute Gasteiger partial charge is 0.222 e. The van der Waals surface area contributed by atoms with E-state index in [-0.39, 0.29) is 53.2 Å². The van der Waals surface area contributed by atoms with Crippen molar-refractivity contribution in [1.29, 1.82) is 0 Å². The minimum Gasteiger partial charge on any atom is -0.379 e. The summed E-state index contributed by atoms with van der Waals surface area (Å²) in [6, 6.07) is 4.81. The average molecular weight is 585 g/mol. The van der Waals surface area contributed by atoms with Crippen LogP contribution in [-0.2, 0) is 19.6 Å². The van der Waals surface area contributed by atoms with E-state index in [0.717, 1.165) is 37.7 Å². The van der Waals surface area contributed by atoms with Gasteiger partial charge in [-0.3, -0.25) is 9.69 Å². The summed E-state index contributed by atoms with van der Waals surface area (Å²) in [5, 5.41) is 6.96. The van der Waals surface area contributed by atoms with Crippen LogP contribution in [-0.4, -0.2) is 86.8 Å². The number of nitrogens with one attached hydrogen (secondary N) is 2. The van der Waals surface area contributed by atoms with Gasteiger partial charge in [-0.1, -0.05) is 31.0 Å². The third kappa shape index (κ3) is 6.96. The molecule has 2 N–H and O–H groups in total. The molecule has 1 unspecified atom stereocenters. The molecule has 3 aliphatic heterocycles. The lowest BCUT2D eigenvalue weighted by atomic mass is 9.86. The molecule has 11 heteroatoms. The standard InChI is InChI=1S/C28H42ClFN4O4S/c1-19(27-17-31-22-5-3-13-39(36,37)34(27)18-22)14-20-4-2-6-25(20)32-28(35)16-26(33-9-11-38-12-10-33)21-7-8-23(29)24(30)15-21/h7-8,15,19-20,22,25-27,31H,2-6,9-14,16-18H2,1H3,(H,32,35)/t19-,20+,22+,25-,26-,27+/m0/s1. The summed E-state index contributed by atoms with van der Waals surface area (Å²) in [6.07, 6.45) is 5.73. The van der Waals surface area contributed by atoms with Crippen molar-refractivity contribution >= 4 is 27.5 Å². The second kappa shape index (κ2) is 12.7. The van der Waals surface area contributed by atoms with Crippen LogP contribution >= 0.6 is 11.6 Å². The Balaban J connectivity index is 1.22. The normalized spacial score (nSPS) is 32.7. The number of rotatable bonds is 8. The summed E-state index contributed by atoms with van der Waals surface area (Å²) in [4.78, 5) is 15.6. The van der Waals surface area contributed by atoms with Gasteiger partial charge in [-0.15, -0.1) is 0 Å². The number of fused-ring (bicyclic) bond motifs is 2. The minimum atomic E-state index is -3.23. The molecule has 39 heavy (non-hydrogen) atoms. The van der Waals surface area contributed by atoms with E-state index in [1.807, 2.05) is 0 Å². The fraction of sp³-hybridized carbons (Fsp3) is 0.750. The van der Waals surface area contributed by atoms with Crippen LogP contribution < -0.4 is 10.6 Å². The summed E-state index contributed by atoms with van der Waals surface area (Å²) in [5.41, 5.74) is 0.743. The summed E-state index contributed by atoms with van der Waals surface area (Å²) in [7, 11) is -3.23. The number of morpholine rings is 1. The lowest BCUT2D eigenvalue weighted by Crippen LogP contribution is -2.59. The number of piperazine rings is 1. The van der Waals surface area contributed by atoms with E-state index >= 15 is 0 Å². The topological polar surface area (TPSA) is 91.0 Å². The lowest BCUT2D eigenvalue weighted by Gasteiger charge is -2.41. The zero-order chi connectivity index (χ0) is 27.6. The Labute approximate surface area is 237 Å². The molecule has 4 aliphatic rings. The second-order valence-corrected chi connectivity index (χ2v) is 14.3. The van der Waals surface area contributed by atoms with Gasteiger partial charge in [0.25, 0.3) is 0 Å². The zero-order valence-electron chi connectivity index (χ0n) is 22.8. The number of nitrogens with zero attached hydrogens (tertiary/aromatic N) is 2. The van der Waals surface area contributed by atoms with Crippen LogP contribution in [0.4, 0.5) is 4.39 Å². The molecule has 0 spiro atoms. The van der Waals surface area contributed by atoms with Crippen molar-refractivity contribution in [3.8, 4) is 0 Å². The summed E-state index contributed by atoms with van der Waals surface area (Å²) < 4.78 is 47.5. The summed E-state index contributed by atoms with van der Waals surface area (Å²) in [5.74, 6) is 0.215. The first-order valence-electron chi connectivity index (χ1n) is 14.5. The number of amides is 1. The Morgan fingerprint density at radius 2 is 2.03 bits per heavy atom. The molecule has 3 heterocycles. The number of carbonyl (C=O) groups is 1. The largest absolute Gasteiger partial charge is 0.379 e. The van der Waals surface area contributed by atoms with Crippen molar-refractivity contribution in [3.05, 3.63) is 34.6 Å². The summed E-state index contributed by atoms with van der Waals surface area (Å²) >= 11 is 5.93. The molecule has 7 atom stereocenters. The first kappa shape index (κ1) is 29.2. The fourth-order valence-electron chi connectivity index (χ4n) is 7.09. The highest BCUT2D eigenvalue weighted by molar-refractivity contribution is 7.89. The zero-order valence-corrected chi connectivity index (χ0v) is 24.4. The van der Waals surface area contributed by atoms with Crippen molar-refractivity contribution < 1.29 is 22.3 Å². The Hall–Kier alpha value is -1.30. The first-order chi connectivity index (χ1) is 18.7. The van der Waals surface area contributed by atoms with Crippen molar-refractivity contribution in [2.45, 2.75) is 76.0 Å². The minimum absolute atomic E-state index is 0.0383. The van der Waals surface area contributed by atoms with E-state index in [1.165, 1.54) is 6.07 Å². The van der Waals surface area contributed by atoms with E-state index in [9.17, 15) is 17.6 Å². The van der Waals surface area contributed by atoms with Gasteiger partial charge >= 0.3 is 0 Å². The molecule has 4 fully saturated rings. The van der Waals surface area contributed by atoms with Crippen LogP contribution in [0.2, 0.25) is 5.02 Å². The molecule has 1 aliphatic carbocycles. The lowest BCUT2D eigenvalue weighted by molar-refractivity contribution is -0.124. The number of halogens is 2. The third-order valence-electron chi connectivity index (χ3n) is 9.23. The van der Waals surface area contributed by atoms with E-state index in [2.05, 4.69) is 22.5 Å². The maximum atomic E-state index is 14.3. The van der Waals surface area contributed by atoms with Gasteiger partial charge in [-0.2, -0.15) is 4.31 Å². The van der Waals surface area contributed by atoms with Crippen LogP contribution in [0.5, 0.6) is 0 Å². The van der Waals surface area contributed by atoms with Gasteiger partial charge in [0.15, 0.2) is 0 Å². The first-order valence-corrected chi connectivity index (χ1v) is 16.5. The monoisotopic (exact) mass is 584 g/mol. The number of hydrogen-bond donors (Lipinski definition) is 2. The molecule has 1 aromatic carbocycles. The predicted octanol–water partition coefficient (Wildman–Crippen LogP) is 3.32. The highest BCUT2D eigenvalue weighted by Crippen LogP contribution is 2.35. The van der Waals surface area contributed by atoms with Crippen LogP contribution in [0.25, 0.3) is 0 Å². The quantitative estimate of drug-likeness (QED) is 0.487. The molecule has 1 amide bonds.